The summed E-state index contributed by atoms with van der Waals surface area (Å²) >= 11 is 11.0. The Labute approximate surface area is 122 Å². The molecule has 3 nitrogen and oxygen atoms in total. The third-order valence-corrected chi connectivity index (χ3v) is 2.98. The van der Waals surface area contributed by atoms with Gasteiger partial charge in [-0.25, -0.2) is 4.79 Å². The van der Waals surface area contributed by atoms with Crippen molar-refractivity contribution in [3.63, 3.8) is 0 Å². The second kappa shape index (κ2) is 7.97. The van der Waals surface area contributed by atoms with Crippen molar-refractivity contribution in [1.82, 2.24) is 0 Å². The lowest BCUT2D eigenvalue weighted by atomic mass is 10.1. The molecule has 0 aliphatic heterocycles. The van der Waals surface area contributed by atoms with Crippen LogP contribution < -0.4 is 0 Å². The summed E-state index contributed by atoms with van der Waals surface area (Å²) in [4.78, 5) is 22.3. The Hall–Kier alpha value is -1.32. The van der Waals surface area contributed by atoms with Crippen molar-refractivity contribution in [1.29, 1.82) is 0 Å². The van der Waals surface area contributed by atoms with Gasteiger partial charge in [-0.15, -0.1) is 0 Å². The maximum atomic E-state index is 11.6. The smallest absolute Gasteiger partial charge is 0.338 e. The first kappa shape index (κ1) is 15.7. The van der Waals surface area contributed by atoms with Gasteiger partial charge in [-0.1, -0.05) is 18.2 Å². The minimum atomic E-state index is -0.516. The summed E-state index contributed by atoms with van der Waals surface area (Å²) in [6, 6.07) is 6.49. The zero-order chi connectivity index (χ0) is 14.3. The average Bonchev–Trinajstić information content (AvgIpc) is 2.38. The highest BCUT2D eigenvalue weighted by Crippen LogP contribution is 2.11. The van der Waals surface area contributed by atoms with E-state index in [0.717, 1.165) is 0 Å². The molecule has 0 heterocycles. The van der Waals surface area contributed by atoms with Gasteiger partial charge in [0.05, 0.1) is 12.2 Å². The van der Waals surface area contributed by atoms with E-state index in [1.165, 1.54) is 0 Å². The lowest BCUT2D eigenvalue weighted by Gasteiger charge is -2.05. The molecule has 1 aromatic carbocycles. The van der Waals surface area contributed by atoms with E-state index in [1.54, 1.807) is 24.3 Å². The van der Waals surface area contributed by atoms with Gasteiger partial charge < -0.3 is 4.74 Å². The molecule has 0 saturated heterocycles. The first-order valence-corrected chi connectivity index (χ1v) is 6.56. The highest BCUT2D eigenvalue weighted by Gasteiger charge is 2.07. The van der Waals surface area contributed by atoms with Gasteiger partial charge in [0.15, 0.2) is 0 Å². The molecule has 1 aromatic rings. The van der Waals surface area contributed by atoms with Crippen LogP contribution in [0.4, 0.5) is 0 Å². The maximum absolute atomic E-state index is 11.6. The summed E-state index contributed by atoms with van der Waals surface area (Å²) in [5.74, 6) is -0.385. The molecule has 0 aromatic heterocycles. The number of halogens is 2. The second-order valence-corrected chi connectivity index (χ2v) is 4.76. The lowest BCUT2D eigenvalue weighted by Crippen LogP contribution is -2.06. The number of allylic oxidation sites excluding steroid dienone is 1. The monoisotopic (exact) mass is 300 g/mol. The van der Waals surface area contributed by atoms with Crippen molar-refractivity contribution in [3.8, 4) is 0 Å². The fourth-order valence-electron chi connectivity index (χ4n) is 1.37. The third-order valence-electron chi connectivity index (χ3n) is 2.46. The Morgan fingerprint density at radius 1 is 1.16 bits per heavy atom. The predicted molar refractivity (Wildman–Crippen MR) is 75.6 cm³/mol. The standard InChI is InChI=1S/C14H14Cl2O3/c1-10(13(16)17)4-2-3-9-19-14(18)11-5-7-12(15)8-6-11/h5-8H,1-4,9H2. The number of benzene rings is 1. The molecule has 0 saturated carbocycles. The first-order chi connectivity index (χ1) is 9.00. The van der Waals surface area contributed by atoms with Crippen LogP contribution in [-0.4, -0.2) is 17.8 Å². The van der Waals surface area contributed by atoms with Crippen LogP contribution in [0.5, 0.6) is 0 Å². The van der Waals surface area contributed by atoms with E-state index in [-0.39, 0.29) is 5.97 Å². The summed E-state index contributed by atoms with van der Waals surface area (Å²) in [6.07, 6.45) is 1.87. The third kappa shape index (κ3) is 5.90. The molecule has 0 aliphatic carbocycles. The molecular formula is C14H14Cl2O3. The SMILES string of the molecule is C=C(CCCCOC(=O)c1ccc(Cl)cc1)C(=O)Cl. The van der Waals surface area contributed by atoms with Crippen LogP contribution in [0.25, 0.3) is 0 Å². The van der Waals surface area contributed by atoms with Crippen LogP contribution in [0.15, 0.2) is 36.4 Å². The molecule has 0 unspecified atom stereocenters. The number of carbonyl (C=O) groups excluding carboxylic acids is 2. The molecule has 0 atom stereocenters. The Morgan fingerprint density at radius 3 is 2.37 bits per heavy atom. The van der Waals surface area contributed by atoms with Gasteiger partial charge in [0, 0.05) is 10.6 Å². The number of hydrogen-bond donors (Lipinski definition) is 0. The molecule has 0 amide bonds. The molecule has 0 radical (unpaired) electrons. The van der Waals surface area contributed by atoms with E-state index in [9.17, 15) is 9.59 Å². The zero-order valence-electron chi connectivity index (χ0n) is 10.3. The summed E-state index contributed by atoms with van der Waals surface area (Å²) in [6.45, 7) is 3.84. The summed E-state index contributed by atoms with van der Waals surface area (Å²) in [5, 5.41) is 0.0546. The van der Waals surface area contributed by atoms with E-state index >= 15 is 0 Å². The Kier molecular flexibility index (Phi) is 6.60. The minimum absolute atomic E-state index is 0.297. The quantitative estimate of drug-likeness (QED) is 0.331. The largest absolute Gasteiger partial charge is 0.462 e. The maximum Gasteiger partial charge on any atom is 0.338 e. The van der Waals surface area contributed by atoms with Gasteiger partial charge in [0.25, 0.3) is 0 Å². The molecule has 0 bridgehead atoms. The van der Waals surface area contributed by atoms with Crippen molar-refractivity contribution in [2.24, 2.45) is 0 Å². The number of rotatable bonds is 7. The molecule has 102 valence electrons. The van der Waals surface area contributed by atoms with Crippen molar-refractivity contribution >= 4 is 34.4 Å². The Balaban J connectivity index is 2.23. The predicted octanol–water partition coefficient (Wildman–Crippen LogP) is 3.99. The highest BCUT2D eigenvalue weighted by molar-refractivity contribution is 6.67. The molecular weight excluding hydrogens is 287 g/mol. The fraction of sp³-hybridized carbons (Fsp3) is 0.286. The zero-order valence-corrected chi connectivity index (χ0v) is 11.8. The molecule has 0 N–H and O–H groups in total. The minimum Gasteiger partial charge on any atom is -0.462 e. The summed E-state index contributed by atoms with van der Waals surface area (Å²) in [5.41, 5.74) is 0.843. The van der Waals surface area contributed by atoms with Crippen molar-refractivity contribution in [3.05, 3.63) is 47.0 Å². The second-order valence-electron chi connectivity index (χ2n) is 3.98. The van der Waals surface area contributed by atoms with E-state index in [1.807, 2.05) is 0 Å². The number of carbonyl (C=O) groups is 2. The van der Waals surface area contributed by atoms with Gasteiger partial charge in [-0.3, -0.25) is 4.79 Å². The van der Waals surface area contributed by atoms with E-state index in [2.05, 4.69) is 6.58 Å². The summed E-state index contributed by atoms with van der Waals surface area (Å²) < 4.78 is 5.08. The van der Waals surface area contributed by atoms with Crippen molar-refractivity contribution in [2.75, 3.05) is 6.61 Å². The van der Waals surface area contributed by atoms with Gasteiger partial charge in [-0.05, 0) is 55.1 Å². The van der Waals surface area contributed by atoms with Crippen LogP contribution in [0.2, 0.25) is 5.02 Å². The normalized spacial score (nSPS) is 10.0. The van der Waals surface area contributed by atoms with Gasteiger partial charge in [-0.2, -0.15) is 0 Å². The van der Waals surface area contributed by atoms with Crippen molar-refractivity contribution < 1.29 is 14.3 Å². The molecule has 5 heteroatoms. The first-order valence-electron chi connectivity index (χ1n) is 5.81. The van der Waals surface area contributed by atoms with Gasteiger partial charge in [0.2, 0.25) is 5.24 Å². The molecule has 1 rings (SSSR count). The molecule has 0 fully saturated rings. The van der Waals surface area contributed by atoms with Crippen LogP contribution in [0.1, 0.15) is 29.6 Å². The van der Waals surface area contributed by atoms with E-state index in [4.69, 9.17) is 27.9 Å². The number of esters is 1. The molecule has 0 spiro atoms. The fourth-order valence-corrected chi connectivity index (χ4v) is 1.59. The van der Waals surface area contributed by atoms with Crippen LogP contribution in [0, 0.1) is 0 Å². The van der Waals surface area contributed by atoms with Crippen LogP contribution >= 0.6 is 23.2 Å². The number of unbranched alkanes of at least 4 members (excludes halogenated alkanes) is 1. The molecule has 0 aliphatic rings. The van der Waals surface area contributed by atoms with Gasteiger partial charge in [0.1, 0.15) is 0 Å². The lowest BCUT2D eigenvalue weighted by molar-refractivity contribution is -0.108. The molecule has 19 heavy (non-hydrogen) atoms. The van der Waals surface area contributed by atoms with E-state index in [0.29, 0.717) is 42.0 Å². The van der Waals surface area contributed by atoms with Crippen LogP contribution in [-0.2, 0) is 9.53 Å². The average molecular weight is 301 g/mol. The van der Waals surface area contributed by atoms with Crippen LogP contribution in [0.3, 0.4) is 0 Å². The number of ether oxygens (including phenoxy) is 1. The number of hydrogen-bond acceptors (Lipinski definition) is 3. The Morgan fingerprint density at radius 2 is 1.79 bits per heavy atom. The van der Waals surface area contributed by atoms with Crippen molar-refractivity contribution in [2.45, 2.75) is 19.3 Å². The highest BCUT2D eigenvalue weighted by atomic mass is 35.5. The topological polar surface area (TPSA) is 43.4 Å². The summed E-state index contributed by atoms with van der Waals surface area (Å²) in [7, 11) is 0. The van der Waals surface area contributed by atoms with Gasteiger partial charge >= 0.3 is 5.97 Å². The van der Waals surface area contributed by atoms with E-state index < -0.39 is 5.24 Å². The Bertz CT molecular complexity index is 466.